The Balaban J connectivity index is 4.35. The third-order valence-electron chi connectivity index (χ3n) is 8.77. The molecule has 276 valence electrons. The van der Waals surface area contributed by atoms with E-state index in [9.17, 15) is 24.5 Å². The molecule has 10 heteroatoms. The van der Waals surface area contributed by atoms with Crippen molar-refractivity contribution in [3.8, 4) is 0 Å². The van der Waals surface area contributed by atoms with E-state index in [1.54, 1.807) is 0 Å². The van der Waals surface area contributed by atoms with E-state index in [0.717, 1.165) is 38.5 Å². The summed E-state index contributed by atoms with van der Waals surface area (Å²) in [6, 6.07) is -0.888. The standard InChI is InChI=1S/C36H75N2O7P/c1-3-5-7-9-11-13-15-16-17-18-20-22-24-26-28-35(40)34(32-45-46(42,43)44-30-29-37)38-36(41)31-33(39)27-25-23-21-19-14-12-10-8-6-4-2/h33-35,39-40H,3-32,37H2,1-2H3,(H,38,41)(H,42,43). The van der Waals surface area contributed by atoms with E-state index in [-0.39, 0.29) is 26.2 Å². The topological polar surface area (TPSA) is 151 Å². The van der Waals surface area contributed by atoms with Crippen LogP contribution in [0.1, 0.15) is 187 Å². The van der Waals surface area contributed by atoms with Gasteiger partial charge >= 0.3 is 7.82 Å². The van der Waals surface area contributed by atoms with Crippen LogP contribution in [0.5, 0.6) is 0 Å². The van der Waals surface area contributed by atoms with E-state index >= 15 is 0 Å². The van der Waals surface area contributed by atoms with Crippen molar-refractivity contribution in [1.82, 2.24) is 5.32 Å². The van der Waals surface area contributed by atoms with Gasteiger partial charge in [-0.3, -0.25) is 13.8 Å². The Morgan fingerprint density at radius 3 is 1.46 bits per heavy atom. The fraction of sp³-hybridized carbons (Fsp3) is 0.972. The molecule has 0 aliphatic heterocycles. The number of phosphoric ester groups is 1. The van der Waals surface area contributed by atoms with Gasteiger partial charge in [0.05, 0.1) is 37.9 Å². The van der Waals surface area contributed by atoms with Crippen LogP contribution < -0.4 is 11.1 Å². The van der Waals surface area contributed by atoms with Crippen molar-refractivity contribution in [3.63, 3.8) is 0 Å². The molecular weight excluding hydrogens is 603 g/mol. The summed E-state index contributed by atoms with van der Waals surface area (Å²) in [5.41, 5.74) is 5.35. The quantitative estimate of drug-likeness (QED) is 0.0326. The van der Waals surface area contributed by atoms with Crippen LogP contribution in [0, 0.1) is 0 Å². The van der Waals surface area contributed by atoms with Crippen LogP contribution in [-0.2, 0) is 18.4 Å². The van der Waals surface area contributed by atoms with Crippen molar-refractivity contribution in [2.24, 2.45) is 5.73 Å². The first-order valence-electron chi connectivity index (χ1n) is 19.2. The third kappa shape index (κ3) is 30.8. The second-order valence-electron chi connectivity index (χ2n) is 13.3. The fourth-order valence-corrected chi connectivity index (χ4v) is 6.59. The molecule has 0 fully saturated rings. The van der Waals surface area contributed by atoms with E-state index in [2.05, 4.69) is 19.2 Å². The molecule has 0 saturated carbocycles. The number of unbranched alkanes of at least 4 members (excludes halogenated alkanes) is 22. The van der Waals surface area contributed by atoms with Crippen molar-refractivity contribution in [2.45, 2.75) is 205 Å². The molecule has 6 N–H and O–H groups in total. The molecule has 0 radical (unpaired) electrons. The summed E-state index contributed by atoms with van der Waals surface area (Å²) < 4.78 is 22.0. The van der Waals surface area contributed by atoms with Gasteiger partial charge in [-0.2, -0.15) is 0 Å². The lowest BCUT2D eigenvalue weighted by atomic mass is 10.0. The number of carbonyl (C=O) groups excluding carboxylic acids is 1. The molecule has 0 rings (SSSR count). The monoisotopic (exact) mass is 679 g/mol. The Hall–Kier alpha value is -0.540. The number of nitrogens with one attached hydrogen (secondary N) is 1. The molecule has 4 unspecified atom stereocenters. The van der Waals surface area contributed by atoms with Crippen LogP contribution in [0.15, 0.2) is 0 Å². The van der Waals surface area contributed by atoms with Gasteiger partial charge in [-0.1, -0.05) is 168 Å². The van der Waals surface area contributed by atoms with Crippen molar-refractivity contribution < 1.29 is 33.5 Å². The number of carbonyl (C=O) groups is 1. The maximum absolute atomic E-state index is 12.7. The predicted octanol–water partition coefficient (Wildman–Crippen LogP) is 8.86. The van der Waals surface area contributed by atoms with Crippen LogP contribution in [-0.4, -0.2) is 59.0 Å². The van der Waals surface area contributed by atoms with Crippen LogP contribution in [0.25, 0.3) is 0 Å². The minimum atomic E-state index is -4.36. The SMILES string of the molecule is CCCCCCCCCCCCCCCCC(O)C(COP(=O)(O)OCCN)NC(=O)CC(O)CCCCCCCCCCCC. The smallest absolute Gasteiger partial charge is 0.393 e. The first-order chi connectivity index (χ1) is 22.3. The van der Waals surface area contributed by atoms with E-state index in [4.69, 9.17) is 14.8 Å². The second kappa shape index (κ2) is 33.0. The van der Waals surface area contributed by atoms with Gasteiger partial charge in [-0.25, -0.2) is 4.57 Å². The summed E-state index contributed by atoms with van der Waals surface area (Å²) >= 11 is 0. The molecule has 0 aliphatic rings. The van der Waals surface area contributed by atoms with Crippen molar-refractivity contribution in [2.75, 3.05) is 19.8 Å². The lowest BCUT2D eigenvalue weighted by Gasteiger charge is -2.25. The first kappa shape index (κ1) is 45.5. The average Bonchev–Trinajstić information content (AvgIpc) is 3.03. The molecule has 9 nitrogen and oxygen atoms in total. The lowest BCUT2D eigenvalue weighted by molar-refractivity contribution is -0.125. The molecule has 0 heterocycles. The molecule has 0 spiro atoms. The van der Waals surface area contributed by atoms with Gasteiger partial charge < -0.3 is 26.2 Å². The van der Waals surface area contributed by atoms with Crippen molar-refractivity contribution in [3.05, 3.63) is 0 Å². The maximum Gasteiger partial charge on any atom is 0.472 e. The number of aliphatic hydroxyl groups is 2. The molecule has 0 aromatic heterocycles. The molecule has 0 saturated heterocycles. The van der Waals surface area contributed by atoms with Crippen LogP contribution >= 0.6 is 7.82 Å². The second-order valence-corrected chi connectivity index (χ2v) is 14.8. The zero-order valence-corrected chi connectivity index (χ0v) is 30.8. The first-order valence-corrected chi connectivity index (χ1v) is 20.7. The van der Waals surface area contributed by atoms with Gasteiger partial charge in [0.25, 0.3) is 0 Å². The Morgan fingerprint density at radius 1 is 0.652 bits per heavy atom. The Morgan fingerprint density at radius 2 is 1.04 bits per heavy atom. The highest BCUT2D eigenvalue weighted by Gasteiger charge is 2.28. The zero-order chi connectivity index (χ0) is 34.1. The van der Waals surface area contributed by atoms with Crippen LogP contribution in [0.3, 0.4) is 0 Å². The molecule has 1 amide bonds. The van der Waals surface area contributed by atoms with Gasteiger partial charge in [0, 0.05) is 6.54 Å². The van der Waals surface area contributed by atoms with Crippen LogP contribution in [0.2, 0.25) is 0 Å². The third-order valence-corrected chi connectivity index (χ3v) is 9.75. The number of amides is 1. The number of nitrogens with two attached hydrogens (primary N) is 1. The molecule has 4 atom stereocenters. The van der Waals surface area contributed by atoms with Gasteiger partial charge in [0.1, 0.15) is 0 Å². The van der Waals surface area contributed by atoms with Crippen LogP contribution in [0.4, 0.5) is 0 Å². The summed E-state index contributed by atoms with van der Waals surface area (Å²) in [5, 5.41) is 24.0. The van der Waals surface area contributed by atoms with E-state index in [1.807, 2.05) is 0 Å². The van der Waals surface area contributed by atoms with Crippen molar-refractivity contribution >= 4 is 13.7 Å². The Bertz CT molecular complexity index is 716. The average molecular weight is 679 g/mol. The van der Waals surface area contributed by atoms with Gasteiger partial charge in [0.2, 0.25) is 5.91 Å². The molecule has 0 aromatic rings. The predicted molar refractivity (Wildman–Crippen MR) is 191 cm³/mol. The maximum atomic E-state index is 12.7. The van der Waals surface area contributed by atoms with Gasteiger partial charge in [-0.15, -0.1) is 0 Å². The summed E-state index contributed by atoms with van der Waals surface area (Å²) in [7, 11) is -4.36. The summed E-state index contributed by atoms with van der Waals surface area (Å²) in [6.45, 7) is 4.03. The lowest BCUT2D eigenvalue weighted by Crippen LogP contribution is -2.47. The molecule has 0 bridgehead atoms. The highest BCUT2D eigenvalue weighted by molar-refractivity contribution is 7.47. The summed E-state index contributed by atoms with van der Waals surface area (Å²) in [4.78, 5) is 22.6. The Labute approximate surface area is 283 Å². The molecule has 46 heavy (non-hydrogen) atoms. The normalized spacial score (nSPS) is 15.0. The number of aliphatic hydroxyl groups excluding tert-OH is 2. The molecular formula is C36H75N2O7P. The Kier molecular flexibility index (Phi) is 32.6. The van der Waals surface area contributed by atoms with E-state index in [0.29, 0.717) is 12.8 Å². The minimum Gasteiger partial charge on any atom is -0.393 e. The zero-order valence-electron chi connectivity index (χ0n) is 29.9. The van der Waals surface area contributed by atoms with E-state index < -0.39 is 32.0 Å². The van der Waals surface area contributed by atoms with E-state index in [1.165, 1.54) is 116 Å². The number of phosphoric acid groups is 1. The number of hydrogen-bond acceptors (Lipinski definition) is 7. The number of rotatable bonds is 36. The highest BCUT2D eigenvalue weighted by atomic mass is 31.2. The minimum absolute atomic E-state index is 0.0623. The molecule has 0 aromatic carbocycles. The fourth-order valence-electron chi connectivity index (χ4n) is 5.83. The van der Waals surface area contributed by atoms with Gasteiger partial charge in [-0.05, 0) is 12.8 Å². The van der Waals surface area contributed by atoms with Crippen molar-refractivity contribution in [1.29, 1.82) is 0 Å². The highest BCUT2D eigenvalue weighted by Crippen LogP contribution is 2.43. The summed E-state index contributed by atoms with van der Waals surface area (Å²) in [6.07, 6.45) is 28.6. The number of hydrogen-bond donors (Lipinski definition) is 5. The molecule has 0 aliphatic carbocycles. The van der Waals surface area contributed by atoms with Gasteiger partial charge in [0.15, 0.2) is 0 Å². The summed E-state index contributed by atoms with van der Waals surface area (Å²) in [5.74, 6) is -0.413. The largest absolute Gasteiger partial charge is 0.472 e.